The smallest absolute Gasteiger partial charge is 0.343 e. The Kier molecular flexibility index (Phi) is 8.41. The molecule has 0 aliphatic carbocycles. The van der Waals surface area contributed by atoms with Crippen molar-refractivity contribution in [2.24, 2.45) is 0 Å². The van der Waals surface area contributed by atoms with Crippen molar-refractivity contribution in [3.05, 3.63) is 59.7 Å². The lowest BCUT2D eigenvalue weighted by molar-refractivity contribution is -0.142. The number of benzene rings is 2. The van der Waals surface area contributed by atoms with Crippen LogP contribution in [0.1, 0.15) is 30.1 Å². The molecular formula is C22H26BrN3O4. The number of Topliss-reactive ketones (excluding diaryl/α,β-unsaturated/α-hetero) is 1. The minimum atomic E-state index is -0.469. The molecule has 0 spiro atoms. The molecule has 0 amide bonds. The van der Waals surface area contributed by atoms with E-state index in [0.29, 0.717) is 16.9 Å². The van der Waals surface area contributed by atoms with E-state index in [-0.39, 0.29) is 35.9 Å². The first kappa shape index (κ1) is 23.4. The molecule has 0 unspecified atom stereocenters. The van der Waals surface area contributed by atoms with Gasteiger partial charge >= 0.3 is 5.97 Å². The fourth-order valence-electron chi connectivity index (χ4n) is 3.17. The summed E-state index contributed by atoms with van der Waals surface area (Å²) in [6.45, 7) is 2.77. The van der Waals surface area contributed by atoms with Crippen LogP contribution in [-0.2, 0) is 22.6 Å². The highest BCUT2D eigenvalue weighted by Gasteiger charge is 2.14. The number of imidazole rings is 1. The van der Waals surface area contributed by atoms with Crippen molar-refractivity contribution in [2.45, 2.75) is 32.9 Å². The van der Waals surface area contributed by atoms with Crippen LogP contribution < -0.4 is 10.4 Å². The lowest BCUT2D eigenvalue weighted by Crippen LogP contribution is -2.27. The quantitative estimate of drug-likeness (QED) is 0.377. The average molecular weight is 476 g/mol. The summed E-state index contributed by atoms with van der Waals surface area (Å²) in [5.41, 5.74) is 2.68. The van der Waals surface area contributed by atoms with E-state index in [9.17, 15) is 9.59 Å². The maximum atomic E-state index is 12.8. The highest BCUT2D eigenvalue weighted by molar-refractivity contribution is 8.93. The number of ketones is 1. The zero-order valence-electron chi connectivity index (χ0n) is 17.1. The third-order valence-electron chi connectivity index (χ3n) is 4.77. The van der Waals surface area contributed by atoms with Crippen LogP contribution in [0.2, 0.25) is 0 Å². The van der Waals surface area contributed by atoms with Gasteiger partial charge in [0.2, 0.25) is 5.62 Å². The number of nitrogens with zero attached hydrogens (tertiary/aromatic N) is 2. The summed E-state index contributed by atoms with van der Waals surface area (Å²) in [6, 6.07) is 14.4. The second kappa shape index (κ2) is 10.8. The Balaban J connectivity index is 0.00000320. The summed E-state index contributed by atoms with van der Waals surface area (Å²) in [5, 5.41) is 8.57. The zero-order chi connectivity index (χ0) is 20.8. The minimum Gasteiger partial charge on any atom is -0.482 e. The Morgan fingerprint density at radius 2 is 1.63 bits per heavy atom. The number of halogens is 1. The molecule has 3 aromatic rings. The molecule has 0 bridgehead atoms. The molecule has 7 nitrogen and oxygen atoms in total. The van der Waals surface area contributed by atoms with Gasteiger partial charge in [0.25, 0.3) is 0 Å². The van der Waals surface area contributed by atoms with Gasteiger partial charge in [0.15, 0.2) is 12.4 Å². The summed E-state index contributed by atoms with van der Waals surface area (Å²) in [7, 11) is 1.30. The van der Waals surface area contributed by atoms with Gasteiger partial charge in [0.05, 0.1) is 24.7 Å². The lowest BCUT2D eigenvalue weighted by Gasteiger charge is -2.07. The van der Waals surface area contributed by atoms with Gasteiger partial charge in [0.1, 0.15) is 5.75 Å². The largest absolute Gasteiger partial charge is 0.482 e. The van der Waals surface area contributed by atoms with E-state index in [1.165, 1.54) is 7.11 Å². The van der Waals surface area contributed by atoms with Crippen molar-refractivity contribution in [1.82, 2.24) is 9.13 Å². The number of aryl methyl sites for hydroxylation is 1. The zero-order valence-corrected chi connectivity index (χ0v) is 18.8. The molecule has 1 aromatic heterocycles. The summed E-state index contributed by atoms with van der Waals surface area (Å²) in [5.74, 6) is -0.0812. The van der Waals surface area contributed by atoms with Crippen molar-refractivity contribution in [3.8, 4) is 5.75 Å². The minimum absolute atomic E-state index is 0. The maximum absolute atomic E-state index is 12.8. The number of carbonyl (C=O) groups excluding carboxylic acids is 2. The van der Waals surface area contributed by atoms with Crippen molar-refractivity contribution in [3.63, 3.8) is 0 Å². The maximum Gasteiger partial charge on any atom is 0.343 e. The van der Waals surface area contributed by atoms with Crippen LogP contribution in [0.4, 0.5) is 0 Å². The molecule has 160 valence electrons. The Labute approximate surface area is 185 Å². The van der Waals surface area contributed by atoms with E-state index in [1.54, 1.807) is 28.8 Å². The number of nitrogens with one attached hydrogen (secondary N) is 1. The molecule has 0 atom stereocenters. The highest BCUT2D eigenvalue weighted by Crippen LogP contribution is 2.16. The van der Waals surface area contributed by atoms with Crippen molar-refractivity contribution < 1.29 is 19.1 Å². The molecule has 30 heavy (non-hydrogen) atoms. The molecule has 3 rings (SSSR count). The number of unbranched alkanes of at least 4 members (excludes halogenated alkanes) is 1. The van der Waals surface area contributed by atoms with Crippen molar-refractivity contribution >= 4 is 39.8 Å². The van der Waals surface area contributed by atoms with E-state index < -0.39 is 5.97 Å². The highest BCUT2D eigenvalue weighted by atomic mass is 79.9. The number of aromatic nitrogens is 2. The molecule has 0 fully saturated rings. The van der Waals surface area contributed by atoms with E-state index in [2.05, 4.69) is 11.7 Å². The monoisotopic (exact) mass is 475 g/mol. The number of methoxy groups -OCH3 is 1. The van der Waals surface area contributed by atoms with Gasteiger partial charge < -0.3 is 18.6 Å². The second-order valence-electron chi connectivity index (χ2n) is 6.72. The van der Waals surface area contributed by atoms with Crippen LogP contribution in [-0.4, -0.2) is 34.6 Å². The van der Waals surface area contributed by atoms with Crippen LogP contribution in [0.5, 0.6) is 5.75 Å². The molecule has 8 heteroatoms. The first-order valence-corrected chi connectivity index (χ1v) is 9.60. The first-order valence-electron chi connectivity index (χ1n) is 9.60. The third kappa shape index (κ3) is 5.18. The molecule has 0 saturated carbocycles. The SMILES string of the molecule is Br.CCCCn1c(=N)n(CC(=O)c2ccc(OCC(=O)OC)cc2)c2ccccc21. The Hall–Kier alpha value is -2.87. The van der Waals surface area contributed by atoms with Gasteiger partial charge in [-0.25, -0.2) is 4.79 Å². The van der Waals surface area contributed by atoms with Gasteiger partial charge in [0, 0.05) is 12.1 Å². The van der Waals surface area contributed by atoms with Gasteiger partial charge in [-0.1, -0.05) is 25.5 Å². The first-order chi connectivity index (χ1) is 14.0. The number of hydrogen-bond acceptors (Lipinski definition) is 5. The third-order valence-corrected chi connectivity index (χ3v) is 4.77. The van der Waals surface area contributed by atoms with E-state index in [4.69, 9.17) is 10.1 Å². The van der Waals surface area contributed by atoms with Crippen LogP contribution in [0.15, 0.2) is 48.5 Å². The normalized spacial score (nSPS) is 10.5. The number of para-hydroxylation sites is 2. The predicted molar refractivity (Wildman–Crippen MR) is 119 cm³/mol. The molecule has 0 saturated heterocycles. The number of hydrogen-bond donors (Lipinski definition) is 1. The average Bonchev–Trinajstić information content (AvgIpc) is 3.01. The Bertz CT molecular complexity index is 1070. The number of ether oxygens (including phenoxy) is 2. The van der Waals surface area contributed by atoms with Crippen molar-refractivity contribution in [1.29, 1.82) is 5.41 Å². The fourth-order valence-corrected chi connectivity index (χ4v) is 3.17. The van der Waals surface area contributed by atoms with Gasteiger partial charge in [-0.2, -0.15) is 0 Å². The topological polar surface area (TPSA) is 86.3 Å². The molecule has 0 radical (unpaired) electrons. The predicted octanol–water partition coefficient (Wildman–Crippen LogP) is 3.73. The molecule has 0 aliphatic heterocycles. The Morgan fingerprint density at radius 3 is 2.23 bits per heavy atom. The van der Waals surface area contributed by atoms with E-state index >= 15 is 0 Å². The van der Waals surface area contributed by atoms with E-state index in [1.807, 2.05) is 28.8 Å². The lowest BCUT2D eigenvalue weighted by atomic mass is 10.1. The van der Waals surface area contributed by atoms with Crippen LogP contribution in [0, 0.1) is 5.41 Å². The number of esters is 1. The fraction of sp³-hybridized carbons (Fsp3) is 0.318. The molecule has 1 N–H and O–H groups in total. The molecule has 0 aliphatic rings. The summed E-state index contributed by atoms with van der Waals surface area (Å²) < 4.78 is 13.5. The number of rotatable bonds is 9. The van der Waals surface area contributed by atoms with Gasteiger partial charge in [-0.15, -0.1) is 17.0 Å². The standard InChI is InChI=1S/C22H25N3O4.BrH/c1-3-4-13-24-18-7-5-6-8-19(18)25(22(24)23)14-20(26)16-9-11-17(12-10-16)29-15-21(27)28-2;/h5-12,23H,3-4,13-15H2,1-2H3;1H. The summed E-state index contributed by atoms with van der Waals surface area (Å²) >= 11 is 0. The summed E-state index contributed by atoms with van der Waals surface area (Å²) in [4.78, 5) is 24.0. The Morgan fingerprint density at radius 1 is 1.00 bits per heavy atom. The number of fused-ring (bicyclic) bond motifs is 1. The molecule has 1 heterocycles. The van der Waals surface area contributed by atoms with Gasteiger partial charge in [-0.3, -0.25) is 10.2 Å². The molecule has 2 aromatic carbocycles. The van der Waals surface area contributed by atoms with E-state index in [0.717, 1.165) is 30.4 Å². The second-order valence-corrected chi connectivity index (χ2v) is 6.72. The number of carbonyl (C=O) groups is 2. The molecular weight excluding hydrogens is 450 g/mol. The summed E-state index contributed by atoms with van der Waals surface area (Å²) in [6.07, 6.45) is 2.01. The van der Waals surface area contributed by atoms with Crippen LogP contribution in [0.25, 0.3) is 11.0 Å². The van der Waals surface area contributed by atoms with Crippen LogP contribution >= 0.6 is 17.0 Å². The van der Waals surface area contributed by atoms with Gasteiger partial charge in [-0.05, 0) is 42.8 Å². The van der Waals surface area contributed by atoms with Crippen LogP contribution in [0.3, 0.4) is 0 Å². The van der Waals surface area contributed by atoms with Crippen molar-refractivity contribution in [2.75, 3.05) is 13.7 Å².